The highest BCUT2D eigenvalue weighted by Gasteiger charge is 2.39. The second-order valence-electron chi connectivity index (χ2n) is 9.37. The van der Waals surface area contributed by atoms with Gasteiger partial charge in [0.05, 0.1) is 0 Å². The number of hydrogen-bond acceptors (Lipinski definition) is 2. The summed E-state index contributed by atoms with van der Waals surface area (Å²) >= 11 is 0. The number of ether oxygens (including phenoxy) is 1. The summed E-state index contributed by atoms with van der Waals surface area (Å²) in [5, 5.41) is 0. The fourth-order valence-corrected chi connectivity index (χ4v) is 5.09. The van der Waals surface area contributed by atoms with Crippen molar-refractivity contribution in [3.05, 3.63) is 59.7 Å². The van der Waals surface area contributed by atoms with Gasteiger partial charge in [0.25, 0.3) is 0 Å². The van der Waals surface area contributed by atoms with Crippen LogP contribution in [0.15, 0.2) is 54.1 Å². The molecule has 0 aliphatic heterocycles. The molecule has 3 rings (SSSR count). The minimum atomic E-state index is -0.0881. The largest absolute Gasteiger partial charge is 0.461 e. The molecule has 1 aromatic rings. The van der Waals surface area contributed by atoms with Crippen molar-refractivity contribution in [3.8, 4) is 11.8 Å². The number of carbonyl (C=O) groups is 1. The van der Waals surface area contributed by atoms with E-state index in [4.69, 9.17) is 4.74 Å². The van der Waals surface area contributed by atoms with Crippen molar-refractivity contribution in [3.63, 3.8) is 0 Å². The lowest BCUT2D eigenvalue weighted by Crippen LogP contribution is -2.06. The van der Waals surface area contributed by atoms with Gasteiger partial charge >= 0.3 is 5.97 Å². The highest BCUT2D eigenvalue weighted by molar-refractivity contribution is 5.69. The van der Waals surface area contributed by atoms with E-state index >= 15 is 0 Å². The molecule has 0 aromatic heterocycles. The summed E-state index contributed by atoms with van der Waals surface area (Å²) < 4.78 is 5.38. The van der Waals surface area contributed by atoms with Gasteiger partial charge in [0, 0.05) is 12.8 Å². The van der Waals surface area contributed by atoms with E-state index in [9.17, 15) is 4.79 Å². The van der Waals surface area contributed by atoms with E-state index < -0.39 is 0 Å². The molecule has 0 heterocycles. The van der Waals surface area contributed by atoms with Crippen LogP contribution >= 0.6 is 0 Å². The molecule has 2 fully saturated rings. The summed E-state index contributed by atoms with van der Waals surface area (Å²) in [5.41, 5.74) is 2.67. The molecule has 2 aliphatic rings. The predicted octanol–water partition coefficient (Wildman–Crippen LogP) is 7.26. The van der Waals surface area contributed by atoms with Crippen molar-refractivity contribution in [2.45, 2.75) is 78.2 Å². The normalized spacial score (nSPS) is 24.7. The van der Waals surface area contributed by atoms with Crippen molar-refractivity contribution < 1.29 is 9.53 Å². The van der Waals surface area contributed by atoms with Gasteiger partial charge < -0.3 is 4.74 Å². The number of hydrogen-bond donors (Lipinski definition) is 0. The van der Waals surface area contributed by atoms with Gasteiger partial charge in [-0.25, -0.2) is 0 Å². The lowest BCUT2D eigenvalue weighted by atomic mass is 9.91. The van der Waals surface area contributed by atoms with Crippen LogP contribution in [0.4, 0.5) is 0 Å². The number of rotatable bonds is 10. The summed E-state index contributed by atoms with van der Waals surface area (Å²) in [5.74, 6) is 9.23. The van der Waals surface area contributed by atoms with Crippen molar-refractivity contribution in [1.82, 2.24) is 0 Å². The maximum Gasteiger partial charge on any atom is 0.306 e. The van der Waals surface area contributed by atoms with Gasteiger partial charge in [-0.1, -0.05) is 61.1 Å². The molecular weight excluding hydrogens is 380 g/mol. The first-order chi connectivity index (χ1) is 15.2. The molecule has 166 valence electrons. The van der Waals surface area contributed by atoms with Crippen LogP contribution in [0, 0.1) is 35.5 Å². The van der Waals surface area contributed by atoms with Gasteiger partial charge in [-0.15, -0.1) is 11.8 Å². The Bertz CT molecular complexity index is 808. The second-order valence-corrected chi connectivity index (χ2v) is 9.37. The van der Waals surface area contributed by atoms with Crippen molar-refractivity contribution in [2.24, 2.45) is 23.7 Å². The van der Waals surface area contributed by atoms with Crippen LogP contribution in [-0.2, 0) is 16.1 Å². The molecule has 31 heavy (non-hydrogen) atoms. The summed E-state index contributed by atoms with van der Waals surface area (Å²) in [6.07, 6.45) is 17.1. The van der Waals surface area contributed by atoms with Crippen LogP contribution in [0.2, 0.25) is 0 Å². The molecule has 0 radical (unpaired) electrons. The zero-order chi connectivity index (χ0) is 21.9. The third kappa shape index (κ3) is 7.73. The average molecular weight is 419 g/mol. The quantitative estimate of drug-likeness (QED) is 0.173. The summed E-state index contributed by atoms with van der Waals surface area (Å²) in [6, 6.07) is 9.88. The zero-order valence-corrected chi connectivity index (χ0v) is 19.3. The van der Waals surface area contributed by atoms with Crippen molar-refractivity contribution in [1.29, 1.82) is 0 Å². The van der Waals surface area contributed by atoms with E-state index in [0.717, 1.165) is 49.0 Å². The monoisotopic (exact) mass is 418 g/mol. The SMILES string of the molecule is CC#CCC(C)C/C=C/C1CCC2C/C(=C\CCCC(=O)OCc3ccccc3)CC12. The summed E-state index contributed by atoms with van der Waals surface area (Å²) in [4.78, 5) is 12.0. The number of unbranched alkanes of at least 4 members (excludes halogenated alkanes) is 1. The predicted molar refractivity (Wildman–Crippen MR) is 128 cm³/mol. The van der Waals surface area contributed by atoms with Crippen molar-refractivity contribution in [2.75, 3.05) is 0 Å². The van der Waals surface area contributed by atoms with Crippen molar-refractivity contribution >= 4 is 5.97 Å². The lowest BCUT2D eigenvalue weighted by Gasteiger charge is -2.14. The molecule has 0 N–H and O–H groups in total. The highest BCUT2D eigenvalue weighted by atomic mass is 16.5. The number of carbonyl (C=O) groups excluding carboxylic acids is 1. The molecule has 0 amide bonds. The molecule has 4 unspecified atom stereocenters. The molecule has 1 aromatic carbocycles. The molecule has 4 atom stereocenters. The van der Waals surface area contributed by atoms with E-state index in [1.54, 1.807) is 5.57 Å². The third-order valence-electron chi connectivity index (χ3n) is 6.86. The second kappa shape index (κ2) is 12.6. The maximum atomic E-state index is 12.0. The fourth-order valence-electron chi connectivity index (χ4n) is 5.09. The minimum absolute atomic E-state index is 0.0881. The molecule has 2 saturated carbocycles. The van der Waals surface area contributed by atoms with Gasteiger partial charge in [0.2, 0.25) is 0 Å². The molecule has 0 saturated heterocycles. The Balaban J connectivity index is 1.34. The van der Waals surface area contributed by atoms with E-state index in [1.165, 1.54) is 25.7 Å². The summed E-state index contributed by atoms with van der Waals surface area (Å²) in [7, 11) is 0. The summed E-state index contributed by atoms with van der Waals surface area (Å²) in [6.45, 7) is 4.59. The Morgan fingerprint density at radius 1 is 1.23 bits per heavy atom. The molecule has 0 spiro atoms. The number of esters is 1. The van der Waals surface area contributed by atoms with Crippen LogP contribution in [-0.4, -0.2) is 5.97 Å². The smallest absolute Gasteiger partial charge is 0.306 e. The van der Waals surface area contributed by atoms with E-state index in [1.807, 2.05) is 37.3 Å². The molecule has 2 heteroatoms. The highest BCUT2D eigenvalue weighted by Crippen LogP contribution is 2.50. The third-order valence-corrected chi connectivity index (χ3v) is 6.86. The molecule has 2 nitrogen and oxygen atoms in total. The average Bonchev–Trinajstić information content (AvgIpc) is 3.35. The van der Waals surface area contributed by atoms with Crippen LogP contribution in [0.1, 0.15) is 77.2 Å². The Labute approximate surface area is 189 Å². The van der Waals surface area contributed by atoms with Crippen LogP contribution in [0.3, 0.4) is 0 Å². The lowest BCUT2D eigenvalue weighted by molar-refractivity contribution is -0.145. The molecule has 2 aliphatic carbocycles. The topological polar surface area (TPSA) is 26.3 Å². The first kappa shape index (κ1) is 23.4. The standard InChI is InChI=1S/C29H38O2/c1-3-4-11-23(2)12-10-16-26-18-19-27-20-25(21-28(26)27)15-8-9-17-29(30)31-22-24-13-6-5-7-14-24/h5-7,10,13-16,23,26-28H,8-9,11-12,17-22H2,1-2H3/b16-10+,25-15+. The Hall–Kier alpha value is -2.27. The number of benzene rings is 1. The maximum absolute atomic E-state index is 12.0. The number of allylic oxidation sites excluding steroid dienone is 4. The van der Waals surface area contributed by atoms with Gasteiger partial charge in [-0.2, -0.15) is 0 Å². The Morgan fingerprint density at radius 2 is 2.06 bits per heavy atom. The molecular formula is C29H38O2. The van der Waals surface area contributed by atoms with E-state index in [-0.39, 0.29) is 5.97 Å². The fraction of sp³-hybridized carbons (Fsp3) is 0.552. The first-order valence-corrected chi connectivity index (χ1v) is 12.1. The van der Waals surface area contributed by atoms with Crippen LogP contribution in [0.25, 0.3) is 0 Å². The minimum Gasteiger partial charge on any atom is -0.461 e. The van der Waals surface area contributed by atoms with Gasteiger partial charge in [0.15, 0.2) is 0 Å². The van der Waals surface area contributed by atoms with Gasteiger partial charge in [0.1, 0.15) is 6.61 Å². The molecule has 0 bridgehead atoms. The van der Waals surface area contributed by atoms with E-state index in [2.05, 4.69) is 37.0 Å². The van der Waals surface area contributed by atoms with E-state index in [0.29, 0.717) is 18.9 Å². The van der Waals surface area contributed by atoms with Crippen LogP contribution < -0.4 is 0 Å². The number of fused-ring (bicyclic) bond motifs is 1. The zero-order valence-electron chi connectivity index (χ0n) is 19.3. The van der Waals surface area contributed by atoms with Crippen LogP contribution in [0.5, 0.6) is 0 Å². The van der Waals surface area contributed by atoms with Gasteiger partial charge in [-0.3, -0.25) is 4.79 Å². The first-order valence-electron chi connectivity index (χ1n) is 12.1. The Kier molecular flexibility index (Phi) is 9.47. The van der Waals surface area contributed by atoms with Gasteiger partial charge in [-0.05, 0) is 81.1 Å². The Morgan fingerprint density at radius 3 is 2.87 bits per heavy atom.